The summed E-state index contributed by atoms with van der Waals surface area (Å²) in [4.78, 5) is 2.41. The van der Waals surface area contributed by atoms with Crippen molar-refractivity contribution < 1.29 is 0 Å². The highest BCUT2D eigenvalue weighted by Gasteiger charge is 2.18. The zero-order valence-electron chi connectivity index (χ0n) is 11.3. The molecule has 0 radical (unpaired) electrons. The SMILES string of the molecule is CCCN(CC1CCCN1)c1ccc(C#N)c(Br)c1. The first-order valence-electron chi connectivity index (χ1n) is 6.92. The molecule has 2 rings (SSSR count). The highest BCUT2D eigenvalue weighted by atomic mass is 79.9. The minimum Gasteiger partial charge on any atom is -0.370 e. The van der Waals surface area contributed by atoms with Gasteiger partial charge in [-0.1, -0.05) is 6.92 Å². The molecule has 102 valence electrons. The van der Waals surface area contributed by atoms with Crippen molar-refractivity contribution in [3.05, 3.63) is 28.2 Å². The van der Waals surface area contributed by atoms with Gasteiger partial charge in [0, 0.05) is 29.3 Å². The Labute approximate surface area is 123 Å². The number of halogens is 1. The summed E-state index contributed by atoms with van der Waals surface area (Å²) in [6.45, 7) is 5.44. The number of hydrogen-bond donors (Lipinski definition) is 1. The molecule has 1 aromatic carbocycles. The Balaban J connectivity index is 2.13. The van der Waals surface area contributed by atoms with Gasteiger partial charge in [-0.3, -0.25) is 0 Å². The van der Waals surface area contributed by atoms with Crippen LogP contribution in [0, 0.1) is 11.3 Å². The van der Waals surface area contributed by atoms with Crippen LogP contribution in [-0.2, 0) is 0 Å². The lowest BCUT2D eigenvalue weighted by Gasteiger charge is -2.28. The van der Waals surface area contributed by atoms with Gasteiger partial charge in [0.1, 0.15) is 6.07 Å². The van der Waals surface area contributed by atoms with E-state index < -0.39 is 0 Å². The van der Waals surface area contributed by atoms with Gasteiger partial charge in [0.25, 0.3) is 0 Å². The standard InChI is InChI=1S/C15H20BrN3/c1-2-8-19(11-13-4-3-7-18-13)14-6-5-12(10-17)15(16)9-14/h5-6,9,13,18H,2-4,7-8,11H2,1H3. The Morgan fingerprint density at radius 3 is 2.95 bits per heavy atom. The van der Waals surface area contributed by atoms with Crippen LogP contribution in [0.5, 0.6) is 0 Å². The molecule has 1 fully saturated rings. The molecule has 1 aromatic rings. The molecule has 1 aliphatic heterocycles. The van der Waals surface area contributed by atoms with Gasteiger partial charge in [0.05, 0.1) is 5.56 Å². The molecule has 0 spiro atoms. The van der Waals surface area contributed by atoms with Crippen molar-refractivity contribution in [2.45, 2.75) is 32.2 Å². The Morgan fingerprint density at radius 2 is 2.37 bits per heavy atom. The average Bonchev–Trinajstić information content (AvgIpc) is 2.91. The van der Waals surface area contributed by atoms with E-state index in [1.807, 2.05) is 12.1 Å². The second kappa shape index (κ2) is 6.93. The van der Waals surface area contributed by atoms with Crippen LogP contribution in [-0.4, -0.2) is 25.7 Å². The van der Waals surface area contributed by atoms with Crippen LogP contribution in [0.25, 0.3) is 0 Å². The van der Waals surface area contributed by atoms with Crippen LogP contribution in [0.3, 0.4) is 0 Å². The van der Waals surface area contributed by atoms with Crippen molar-refractivity contribution in [1.29, 1.82) is 5.26 Å². The van der Waals surface area contributed by atoms with Gasteiger partial charge in [-0.25, -0.2) is 0 Å². The fourth-order valence-electron chi connectivity index (χ4n) is 2.57. The van der Waals surface area contributed by atoms with Gasteiger partial charge in [-0.15, -0.1) is 0 Å². The van der Waals surface area contributed by atoms with Crippen LogP contribution in [0.1, 0.15) is 31.7 Å². The van der Waals surface area contributed by atoms with E-state index in [0.29, 0.717) is 11.6 Å². The van der Waals surface area contributed by atoms with Gasteiger partial charge in [-0.2, -0.15) is 5.26 Å². The first-order valence-corrected chi connectivity index (χ1v) is 7.72. The number of nitriles is 1. The third-order valence-corrected chi connectivity index (χ3v) is 4.19. The van der Waals surface area contributed by atoms with E-state index in [1.54, 1.807) is 0 Å². The minimum atomic E-state index is 0.598. The van der Waals surface area contributed by atoms with Crippen LogP contribution in [0.4, 0.5) is 5.69 Å². The molecule has 0 amide bonds. The van der Waals surface area contributed by atoms with Crippen molar-refractivity contribution in [3.8, 4) is 6.07 Å². The first kappa shape index (κ1) is 14.4. The summed E-state index contributed by atoms with van der Waals surface area (Å²) < 4.78 is 0.882. The summed E-state index contributed by atoms with van der Waals surface area (Å²) in [6, 6.07) is 8.79. The third kappa shape index (κ3) is 3.71. The molecule has 1 unspecified atom stereocenters. The van der Waals surface area contributed by atoms with Crippen LogP contribution >= 0.6 is 15.9 Å². The molecule has 1 saturated heterocycles. The second-order valence-electron chi connectivity index (χ2n) is 5.02. The van der Waals surface area contributed by atoms with E-state index in [4.69, 9.17) is 5.26 Å². The normalized spacial score (nSPS) is 18.3. The number of nitrogens with one attached hydrogen (secondary N) is 1. The zero-order valence-corrected chi connectivity index (χ0v) is 12.9. The van der Waals surface area contributed by atoms with E-state index in [0.717, 1.165) is 30.5 Å². The van der Waals surface area contributed by atoms with E-state index in [2.05, 4.69) is 45.2 Å². The first-order chi connectivity index (χ1) is 9.24. The van der Waals surface area contributed by atoms with E-state index >= 15 is 0 Å². The van der Waals surface area contributed by atoms with Crippen LogP contribution < -0.4 is 10.2 Å². The number of anilines is 1. The molecule has 1 N–H and O–H groups in total. The lowest BCUT2D eigenvalue weighted by atomic mass is 10.1. The molecule has 3 nitrogen and oxygen atoms in total. The van der Waals surface area contributed by atoms with E-state index in [1.165, 1.54) is 18.5 Å². The largest absolute Gasteiger partial charge is 0.370 e. The maximum atomic E-state index is 8.98. The highest BCUT2D eigenvalue weighted by Crippen LogP contribution is 2.24. The lowest BCUT2D eigenvalue weighted by molar-refractivity contribution is 0.578. The molecule has 19 heavy (non-hydrogen) atoms. The molecule has 0 aromatic heterocycles. The van der Waals surface area contributed by atoms with Crippen molar-refractivity contribution in [2.24, 2.45) is 0 Å². The smallest absolute Gasteiger partial charge is 0.100 e. The van der Waals surface area contributed by atoms with Crippen molar-refractivity contribution in [1.82, 2.24) is 5.32 Å². The zero-order chi connectivity index (χ0) is 13.7. The Hall–Kier alpha value is -1.05. The summed E-state index contributed by atoms with van der Waals surface area (Å²) >= 11 is 3.47. The topological polar surface area (TPSA) is 39.1 Å². The molecule has 1 atom stereocenters. The molecule has 0 aliphatic carbocycles. The number of nitrogens with zero attached hydrogens (tertiary/aromatic N) is 2. The monoisotopic (exact) mass is 321 g/mol. The summed E-state index contributed by atoms with van der Waals surface area (Å²) in [5, 5.41) is 12.5. The molecule has 1 heterocycles. The van der Waals surface area contributed by atoms with Gasteiger partial charge in [-0.05, 0) is 59.9 Å². The Kier molecular flexibility index (Phi) is 5.24. The van der Waals surface area contributed by atoms with Gasteiger partial charge in [0.2, 0.25) is 0 Å². The molecule has 0 saturated carbocycles. The molecule has 0 bridgehead atoms. The summed E-state index contributed by atoms with van der Waals surface area (Å²) in [7, 11) is 0. The fourth-order valence-corrected chi connectivity index (χ4v) is 3.02. The summed E-state index contributed by atoms with van der Waals surface area (Å²) in [5.41, 5.74) is 1.89. The lowest BCUT2D eigenvalue weighted by Crippen LogP contribution is -2.38. The fraction of sp³-hybridized carbons (Fsp3) is 0.533. The second-order valence-corrected chi connectivity index (χ2v) is 5.87. The number of rotatable bonds is 5. The molecular formula is C15H20BrN3. The van der Waals surface area contributed by atoms with Gasteiger partial charge < -0.3 is 10.2 Å². The van der Waals surface area contributed by atoms with Gasteiger partial charge >= 0.3 is 0 Å². The maximum absolute atomic E-state index is 8.98. The van der Waals surface area contributed by atoms with E-state index in [-0.39, 0.29) is 0 Å². The van der Waals surface area contributed by atoms with Crippen molar-refractivity contribution in [3.63, 3.8) is 0 Å². The predicted molar refractivity (Wildman–Crippen MR) is 82.4 cm³/mol. The molecule has 1 aliphatic rings. The summed E-state index contributed by atoms with van der Waals surface area (Å²) in [6.07, 6.45) is 3.67. The maximum Gasteiger partial charge on any atom is 0.100 e. The number of benzene rings is 1. The quantitative estimate of drug-likeness (QED) is 0.904. The van der Waals surface area contributed by atoms with Crippen molar-refractivity contribution >= 4 is 21.6 Å². The molecular weight excluding hydrogens is 302 g/mol. The van der Waals surface area contributed by atoms with Crippen LogP contribution in [0.15, 0.2) is 22.7 Å². The van der Waals surface area contributed by atoms with E-state index in [9.17, 15) is 0 Å². The highest BCUT2D eigenvalue weighted by molar-refractivity contribution is 9.10. The Morgan fingerprint density at radius 1 is 1.53 bits per heavy atom. The van der Waals surface area contributed by atoms with Gasteiger partial charge in [0.15, 0.2) is 0 Å². The van der Waals surface area contributed by atoms with Crippen LogP contribution in [0.2, 0.25) is 0 Å². The van der Waals surface area contributed by atoms with Crippen molar-refractivity contribution in [2.75, 3.05) is 24.5 Å². The summed E-state index contributed by atoms with van der Waals surface area (Å²) in [5.74, 6) is 0. The molecule has 4 heteroatoms. The number of hydrogen-bond acceptors (Lipinski definition) is 3. The Bertz CT molecular complexity index is 461. The minimum absolute atomic E-state index is 0.598. The average molecular weight is 322 g/mol. The third-order valence-electron chi connectivity index (χ3n) is 3.53. The predicted octanol–water partition coefficient (Wildman–Crippen LogP) is 3.29.